The van der Waals surface area contributed by atoms with Crippen LogP contribution in [0, 0.1) is 17.8 Å². The lowest BCUT2D eigenvalue weighted by molar-refractivity contribution is -0.0173. The van der Waals surface area contributed by atoms with Crippen LogP contribution < -0.4 is 0 Å². The smallest absolute Gasteiger partial charge is 0.103 e. The van der Waals surface area contributed by atoms with Crippen LogP contribution in [0.25, 0.3) is 0 Å². The first-order valence-corrected chi connectivity index (χ1v) is 9.25. The monoisotopic (exact) mass is 311 g/mol. The van der Waals surface area contributed by atoms with Gasteiger partial charge in [0.25, 0.3) is 0 Å². The van der Waals surface area contributed by atoms with E-state index in [2.05, 4.69) is 28.9 Å². The molecule has 1 aliphatic carbocycles. The second kappa shape index (κ2) is 7.99. The van der Waals surface area contributed by atoms with Gasteiger partial charge in [-0.05, 0) is 50.3 Å². The van der Waals surface area contributed by atoms with Crippen LogP contribution in [0.15, 0.2) is 30.3 Å². The predicted molar refractivity (Wildman–Crippen MR) is 95.0 cm³/mol. The van der Waals surface area contributed by atoms with E-state index in [4.69, 9.17) is 0 Å². The fourth-order valence-corrected chi connectivity index (χ4v) is 4.09. The van der Waals surface area contributed by atoms with Gasteiger partial charge in [-0.25, -0.2) is 0 Å². The minimum absolute atomic E-state index is 0.356. The molecule has 124 valence electrons. The van der Waals surface area contributed by atoms with Crippen molar-refractivity contribution in [2.75, 3.05) is 19.6 Å². The van der Waals surface area contributed by atoms with Crippen LogP contribution in [0.5, 0.6) is 0 Å². The highest BCUT2D eigenvalue weighted by molar-refractivity contribution is 5.26. The van der Waals surface area contributed by atoms with Crippen LogP contribution in [0.2, 0.25) is 0 Å². The summed E-state index contributed by atoms with van der Waals surface area (Å²) in [7, 11) is 0. The number of rotatable bonds is 4. The summed E-state index contributed by atoms with van der Waals surface area (Å²) in [5.41, 5.74) is 0.270. The molecule has 1 aromatic carbocycles. The second-order valence-electron chi connectivity index (χ2n) is 7.14. The molecular weight excluding hydrogens is 282 g/mol. The quantitative estimate of drug-likeness (QED) is 0.851. The maximum Gasteiger partial charge on any atom is 0.103 e. The number of likely N-dealkylation sites (tertiary alicyclic amines) is 1. The van der Waals surface area contributed by atoms with E-state index < -0.39 is 5.60 Å². The van der Waals surface area contributed by atoms with Gasteiger partial charge in [-0.3, -0.25) is 4.90 Å². The fraction of sp³-hybridized carbons (Fsp3) is 0.619. The molecule has 1 aromatic rings. The van der Waals surface area contributed by atoms with Gasteiger partial charge in [-0.2, -0.15) is 0 Å². The van der Waals surface area contributed by atoms with Crippen LogP contribution >= 0.6 is 0 Å². The van der Waals surface area contributed by atoms with Crippen LogP contribution in [0.4, 0.5) is 0 Å². The van der Waals surface area contributed by atoms with Crippen molar-refractivity contribution in [1.82, 2.24) is 4.90 Å². The molecule has 2 heteroatoms. The zero-order valence-corrected chi connectivity index (χ0v) is 14.1. The van der Waals surface area contributed by atoms with Gasteiger partial charge in [-0.15, -0.1) is 0 Å². The van der Waals surface area contributed by atoms with Gasteiger partial charge in [0.2, 0.25) is 0 Å². The van der Waals surface area contributed by atoms with Gasteiger partial charge in [0.15, 0.2) is 0 Å². The summed E-state index contributed by atoms with van der Waals surface area (Å²) < 4.78 is 0. The van der Waals surface area contributed by atoms with E-state index >= 15 is 0 Å². The van der Waals surface area contributed by atoms with E-state index in [1.54, 1.807) is 0 Å². The average Bonchev–Trinajstić information content (AvgIpc) is 3.15. The third-order valence-corrected chi connectivity index (χ3v) is 5.54. The lowest BCUT2D eigenvalue weighted by atomic mass is 9.78. The van der Waals surface area contributed by atoms with Gasteiger partial charge >= 0.3 is 0 Å². The van der Waals surface area contributed by atoms with E-state index in [1.165, 1.54) is 45.2 Å². The largest absolute Gasteiger partial charge is 0.384 e. The number of hydrogen-bond acceptors (Lipinski definition) is 2. The number of nitrogens with zero attached hydrogens (tertiary/aromatic N) is 1. The van der Waals surface area contributed by atoms with Gasteiger partial charge in [0.05, 0.1) is 6.54 Å². The molecule has 23 heavy (non-hydrogen) atoms. The lowest BCUT2D eigenvalue weighted by Crippen LogP contribution is -2.33. The highest BCUT2D eigenvalue weighted by atomic mass is 16.3. The minimum Gasteiger partial charge on any atom is -0.384 e. The van der Waals surface area contributed by atoms with Gasteiger partial charge in [0, 0.05) is 6.42 Å². The fourth-order valence-electron chi connectivity index (χ4n) is 4.09. The van der Waals surface area contributed by atoms with Crippen molar-refractivity contribution < 1.29 is 5.11 Å². The molecule has 2 fully saturated rings. The maximum atomic E-state index is 11.4. The van der Waals surface area contributed by atoms with E-state index in [-0.39, 0.29) is 0 Å². The summed E-state index contributed by atoms with van der Waals surface area (Å²) in [5.74, 6) is 6.98. The van der Waals surface area contributed by atoms with Crippen LogP contribution in [-0.2, 0) is 5.60 Å². The number of aliphatic hydroxyl groups is 1. The van der Waals surface area contributed by atoms with Gasteiger partial charge in [-0.1, -0.05) is 61.4 Å². The molecule has 1 saturated carbocycles. The third-order valence-electron chi connectivity index (χ3n) is 5.54. The summed E-state index contributed by atoms with van der Waals surface area (Å²) in [6, 6.07) is 10.2. The molecular formula is C21H29NO. The molecule has 0 unspecified atom stereocenters. The van der Waals surface area contributed by atoms with Gasteiger partial charge < -0.3 is 5.11 Å². The summed E-state index contributed by atoms with van der Waals surface area (Å²) in [6.07, 6.45) is 9.25. The highest BCUT2D eigenvalue weighted by Gasteiger charge is 2.39. The molecule has 2 nitrogen and oxygen atoms in total. The van der Waals surface area contributed by atoms with Crippen molar-refractivity contribution >= 4 is 0 Å². The van der Waals surface area contributed by atoms with E-state index in [0.717, 1.165) is 24.9 Å². The summed E-state index contributed by atoms with van der Waals surface area (Å²) in [5, 5.41) is 11.4. The Kier molecular flexibility index (Phi) is 5.75. The molecule has 2 aliphatic rings. The Morgan fingerprint density at radius 3 is 2.35 bits per heavy atom. The van der Waals surface area contributed by atoms with Gasteiger partial charge in [0.1, 0.15) is 5.60 Å². The summed E-state index contributed by atoms with van der Waals surface area (Å²) >= 11 is 0. The van der Waals surface area contributed by atoms with E-state index in [1.807, 2.05) is 18.2 Å². The third kappa shape index (κ3) is 4.16. The van der Waals surface area contributed by atoms with E-state index in [9.17, 15) is 5.11 Å². The van der Waals surface area contributed by atoms with E-state index in [0.29, 0.717) is 12.3 Å². The van der Waals surface area contributed by atoms with Crippen molar-refractivity contribution in [3.05, 3.63) is 35.9 Å². The molecule has 1 atom stereocenters. The predicted octanol–water partition coefficient (Wildman–Crippen LogP) is 3.94. The second-order valence-corrected chi connectivity index (χ2v) is 7.14. The van der Waals surface area contributed by atoms with Crippen LogP contribution in [0.3, 0.4) is 0 Å². The molecule has 1 aliphatic heterocycles. The first-order valence-electron chi connectivity index (χ1n) is 9.25. The Morgan fingerprint density at radius 1 is 0.957 bits per heavy atom. The Labute approximate surface area is 140 Å². The SMILES string of the molecule is O[C@](CC#CCN1CCCCC1)(c1ccccc1)C1CCCC1. The molecule has 0 spiro atoms. The molecule has 1 heterocycles. The normalized spacial score (nSPS) is 22.3. The maximum absolute atomic E-state index is 11.4. The summed E-state index contributed by atoms with van der Waals surface area (Å²) in [6.45, 7) is 3.22. The van der Waals surface area contributed by atoms with Crippen molar-refractivity contribution in [2.45, 2.75) is 57.0 Å². The van der Waals surface area contributed by atoms with Crippen molar-refractivity contribution in [1.29, 1.82) is 0 Å². The molecule has 1 saturated heterocycles. The molecule has 0 bridgehead atoms. The van der Waals surface area contributed by atoms with Crippen molar-refractivity contribution in [3.63, 3.8) is 0 Å². The zero-order chi connectivity index (χ0) is 16.0. The van der Waals surface area contributed by atoms with Crippen molar-refractivity contribution in [3.8, 4) is 11.8 Å². The number of hydrogen-bond donors (Lipinski definition) is 1. The first kappa shape index (κ1) is 16.6. The molecule has 0 aromatic heterocycles. The number of benzene rings is 1. The molecule has 0 radical (unpaired) electrons. The topological polar surface area (TPSA) is 23.5 Å². The minimum atomic E-state index is -0.771. The Bertz CT molecular complexity index is 532. The Hall–Kier alpha value is -1.30. The lowest BCUT2D eigenvalue weighted by Gasteiger charge is -2.33. The van der Waals surface area contributed by atoms with Crippen LogP contribution in [-0.4, -0.2) is 29.6 Å². The first-order chi connectivity index (χ1) is 11.3. The Morgan fingerprint density at radius 2 is 1.65 bits per heavy atom. The molecule has 3 rings (SSSR count). The van der Waals surface area contributed by atoms with Crippen LogP contribution in [0.1, 0.15) is 56.9 Å². The molecule has 0 amide bonds. The molecule has 1 N–H and O–H groups in total. The summed E-state index contributed by atoms with van der Waals surface area (Å²) in [4.78, 5) is 2.44. The highest BCUT2D eigenvalue weighted by Crippen LogP contribution is 2.42. The average molecular weight is 311 g/mol. The Balaban J connectivity index is 1.67. The standard InChI is InChI=1S/C21H29NO/c23-21(20-13-5-6-14-20,19-11-3-1-4-12-19)15-7-10-18-22-16-8-2-9-17-22/h1,3-4,11-12,20,23H,2,5-6,8-9,13-18H2/t21-/m1/s1. The zero-order valence-electron chi connectivity index (χ0n) is 14.1. The van der Waals surface area contributed by atoms with Crippen molar-refractivity contribution in [2.24, 2.45) is 5.92 Å². The number of piperidine rings is 1.